The summed E-state index contributed by atoms with van der Waals surface area (Å²) < 4.78 is 33.7. The third-order valence-electron chi connectivity index (χ3n) is 4.83. The summed E-state index contributed by atoms with van der Waals surface area (Å²) in [6.07, 6.45) is -0.253. The van der Waals surface area contributed by atoms with Gasteiger partial charge in [0.25, 0.3) is 0 Å². The number of carbonyl (C=O) groups excluding carboxylic acids is 1. The smallest absolute Gasteiger partial charge is 0.237 e. The second kappa shape index (κ2) is 5.11. The molecular formula is C19H17F2NO2. The van der Waals surface area contributed by atoms with E-state index >= 15 is 0 Å². The van der Waals surface area contributed by atoms with Crippen LogP contribution < -0.4 is 4.90 Å². The number of halogens is 2. The van der Waals surface area contributed by atoms with Gasteiger partial charge in [-0.25, -0.2) is 8.78 Å². The second-order valence-electron chi connectivity index (χ2n) is 6.81. The molecule has 2 aliphatic heterocycles. The minimum atomic E-state index is -0.835. The molecule has 1 amide bonds. The summed E-state index contributed by atoms with van der Waals surface area (Å²) in [7, 11) is 0. The van der Waals surface area contributed by atoms with E-state index in [2.05, 4.69) is 0 Å². The van der Waals surface area contributed by atoms with Crippen molar-refractivity contribution >= 4 is 11.6 Å². The zero-order valence-electron chi connectivity index (χ0n) is 13.4. The Morgan fingerprint density at radius 3 is 2.58 bits per heavy atom. The van der Waals surface area contributed by atoms with Gasteiger partial charge in [-0.3, -0.25) is 9.69 Å². The number of hydrogen-bond acceptors (Lipinski definition) is 2. The first-order valence-electron chi connectivity index (χ1n) is 7.91. The number of carbonyl (C=O) groups is 1. The molecule has 24 heavy (non-hydrogen) atoms. The van der Waals surface area contributed by atoms with Crippen LogP contribution in [0, 0.1) is 11.6 Å². The average molecular weight is 329 g/mol. The number of para-hydroxylation sites is 1. The van der Waals surface area contributed by atoms with E-state index in [4.69, 9.17) is 4.74 Å². The second-order valence-corrected chi connectivity index (χ2v) is 6.81. The van der Waals surface area contributed by atoms with Crippen LogP contribution in [0.15, 0.2) is 42.5 Å². The van der Waals surface area contributed by atoms with Crippen LogP contribution in [0.3, 0.4) is 0 Å². The number of hydrogen-bond donors (Lipinski definition) is 0. The SMILES string of the molecule is CC1(C)C(=O)N(C(c2cccc(F)c2)[C@H]2CO2)c2c(F)cccc21. The lowest BCUT2D eigenvalue weighted by Gasteiger charge is -2.29. The molecule has 1 saturated heterocycles. The summed E-state index contributed by atoms with van der Waals surface area (Å²) >= 11 is 0. The normalized spacial score (nSPS) is 22.4. The molecule has 0 spiro atoms. The van der Waals surface area contributed by atoms with Crippen LogP contribution in [0.4, 0.5) is 14.5 Å². The molecule has 2 aromatic rings. The summed E-state index contributed by atoms with van der Waals surface area (Å²) in [6.45, 7) is 4.03. The van der Waals surface area contributed by atoms with Crippen molar-refractivity contribution in [2.24, 2.45) is 0 Å². The number of fused-ring (bicyclic) bond motifs is 1. The lowest BCUT2D eigenvalue weighted by molar-refractivity contribution is -0.122. The third kappa shape index (κ3) is 2.15. The Kier molecular flexibility index (Phi) is 3.25. The summed E-state index contributed by atoms with van der Waals surface area (Å²) in [5, 5.41) is 0. The molecule has 2 heterocycles. The molecule has 0 radical (unpaired) electrons. The first-order valence-corrected chi connectivity index (χ1v) is 7.91. The van der Waals surface area contributed by atoms with E-state index < -0.39 is 23.1 Å². The number of benzene rings is 2. The average Bonchev–Trinajstić information content (AvgIpc) is 3.33. The molecule has 5 heteroatoms. The summed E-state index contributed by atoms with van der Waals surface area (Å²) in [4.78, 5) is 14.5. The minimum absolute atomic E-state index is 0.202. The molecular weight excluding hydrogens is 312 g/mol. The van der Waals surface area contributed by atoms with Crippen LogP contribution in [0.1, 0.15) is 31.0 Å². The van der Waals surface area contributed by atoms with Crippen molar-refractivity contribution in [3.63, 3.8) is 0 Å². The molecule has 0 bridgehead atoms. The van der Waals surface area contributed by atoms with E-state index in [1.807, 2.05) is 0 Å². The highest BCUT2D eigenvalue weighted by Crippen LogP contribution is 2.49. The highest BCUT2D eigenvalue weighted by atomic mass is 19.1. The highest BCUT2D eigenvalue weighted by molar-refractivity contribution is 6.08. The summed E-state index contributed by atoms with van der Waals surface area (Å²) in [5.74, 6) is -1.04. The fourth-order valence-electron chi connectivity index (χ4n) is 3.51. The van der Waals surface area contributed by atoms with Gasteiger partial charge in [0.1, 0.15) is 17.7 Å². The number of rotatable bonds is 3. The van der Waals surface area contributed by atoms with Crippen LogP contribution in [0.2, 0.25) is 0 Å². The van der Waals surface area contributed by atoms with Crippen molar-refractivity contribution in [3.05, 3.63) is 65.2 Å². The maximum atomic E-state index is 14.6. The van der Waals surface area contributed by atoms with Crippen molar-refractivity contribution in [1.29, 1.82) is 0 Å². The summed E-state index contributed by atoms with van der Waals surface area (Å²) in [5.41, 5.74) is 0.697. The Bertz CT molecular complexity index is 830. The topological polar surface area (TPSA) is 32.8 Å². The molecule has 1 fully saturated rings. The Morgan fingerprint density at radius 1 is 1.21 bits per heavy atom. The van der Waals surface area contributed by atoms with Gasteiger partial charge in [-0.1, -0.05) is 24.3 Å². The number of nitrogens with zero attached hydrogens (tertiary/aromatic N) is 1. The predicted octanol–water partition coefficient (Wildman–Crippen LogP) is 3.73. The molecule has 3 nitrogen and oxygen atoms in total. The van der Waals surface area contributed by atoms with Gasteiger partial charge in [-0.05, 0) is 43.2 Å². The van der Waals surface area contributed by atoms with Crippen molar-refractivity contribution in [3.8, 4) is 0 Å². The Balaban J connectivity index is 1.90. The van der Waals surface area contributed by atoms with Crippen LogP contribution in [-0.4, -0.2) is 18.6 Å². The van der Waals surface area contributed by atoms with E-state index in [9.17, 15) is 13.6 Å². The molecule has 2 atom stereocenters. The maximum Gasteiger partial charge on any atom is 0.237 e. The molecule has 0 N–H and O–H groups in total. The van der Waals surface area contributed by atoms with E-state index in [1.165, 1.54) is 23.1 Å². The van der Waals surface area contributed by atoms with Crippen LogP contribution in [-0.2, 0) is 14.9 Å². The standard InChI is InChI=1S/C19H17F2NO2/c1-19(2)13-7-4-8-14(21)17(13)22(18(19)23)16(15-10-24-15)11-5-3-6-12(20)9-11/h3-9,15-16H,10H2,1-2H3/t15-,16?/m1/s1. The largest absolute Gasteiger partial charge is 0.370 e. The van der Waals surface area contributed by atoms with E-state index in [1.54, 1.807) is 38.1 Å². The number of ether oxygens (including phenoxy) is 1. The number of amides is 1. The van der Waals surface area contributed by atoms with Gasteiger partial charge < -0.3 is 4.74 Å². The van der Waals surface area contributed by atoms with Crippen LogP contribution >= 0.6 is 0 Å². The Labute approximate surface area is 138 Å². The summed E-state index contributed by atoms with van der Waals surface area (Å²) in [6, 6.07) is 10.2. The van der Waals surface area contributed by atoms with Gasteiger partial charge in [0.2, 0.25) is 5.91 Å². The Morgan fingerprint density at radius 2 is 1.92 bits per heavy atom. The molecule has 2 aliphatic rings. The van der Waals surface area contributed by atoms with E-state index in [0.29, 0.717) is 17.7 Å². The lowest BCUT2D eigenvalue weighted by Crippen LogP contribution is -2.41. The predicted molar refractivity (Wildman–Crippen MR) is 85.8 cm³/mol. The van der Waals surface area contributed by atoms with Gasteiger partial charge in [0.05, 0.1) is 23.8 Å². The molecule has 1 unspecified atom stereocenters. The van der Waals surface area contributed by atoms with Crippen molar-refractivity contribution in [2.45, 2.75) is 31.4 Å². The molecule has 124 valence electrons. The van der Waals surface area contributed by atoms with Crippen LogP contribution in [0.5, 0.6) is 0 Å². The molecule has 0 saturated carbocycles. The zero-order chi connectivity index (χ0) is 17.1. The van der Waals surface area contributed by atoms with Gasteiger partial charge in [0, 0.05) is 0 Å². The fraction of sp³-hybridized carbons (Fsp3) is 0.316. The van der Waals surface area contributed by atoms with Crippen molar-refractivity contribution < 1.29 is 18.3 Å². The first kappa shape index (κ1) is 15.3. The first-order chi connectivity index (χ1) is 11.4. The van der Waals surface area contributed by atoms with Crippen molar-refractivity contribution in [1.82, 2.24) is 0 Å². The van der Waals surface area contributed by atoms with Gasteiger partial charge >= 0.3 is 0 Å². The van der Waals surface area contributed by atoms with Crippen LogP contribution in [0.25, 0.3) is 0 Å². The third-order valence-corrected chi connectivity index (χ3v) is 4.83. The fourth-order valence-corrected chi connectivity index (χ4v) is 3.51. The highest BCUT2D eigenvalue weighted by Gasteiger charge is 2.52. The molecule has 4 rings (SSSR count). The number of epoxide rings is 1. The molecule has 2 aromatic carbocycles. The Hall–Kier alpha value is -2.27. The zero-order valence-corrected chi connectivity index (χ0v) is 13.4. The molecule has 0 aliphatic carbocycles. The maximum absolute atomic E-state index is 14.6. The number of anilines is 1. The minimum Gasteiger partial charge on any atom is -0.370 e. The van der Waals surface area contributed by atoms with Gasteiger partial charge in [0.15, 0.2) is 0 Å². The van der Waals surface area contributed by atoms with E-state index in [0.717, 1.165) is 0 Å². The quantitative estimate of drug-likeness (QED) is 0.804. The molecule has 0 aromatic heterocycles. The van der Waals surface area contributed by atoms with E-state index in [-0.39, 0.29) is 17.7 Å². The lowest BCUT2D eigenvalue weighted by atomic mass is 9.86. The monoisotopic (exact) mass is 329 g/mol. The van der Waals surface area contributed by atoms with Crippen molar-refractivity contribution in [2.75, 3.05) is 11.5 Å². The van der Waals surface area contributed by atoms with Gasteiger partial charge in [-0.2, -0.15) is 0 Å². The van der Waals surface area contributed by atoms with Gasteiger partial charge in [-0.15, -0.1) is 0 Å².